The number of benzene rings is 1. The molecule has 0 bridgehead atoms. The van der Waals surface area contributed by atoms with Gasteiger partial charge in [-0.05, 0) is 33.6 Å². The Bertz CT molecular complexity index is 895. The fourth-order valence-electron chi connectivity index (χ4n) is 3.37. The van der Waals surface area contributed by atoms with Crippen molar-refractivity contribution in [1.29, 1.82) is 0 Å². The summed E-state index contributed by atoms with van der Waals surface area (Å²) in [5.41, 5.74) is 6.89. The van der Waals surface area contributed by atoms with Crippen LogP contribution in [0.3, 0.4) is 0 Å². The molecule has 1 atom stereocenters. The minimum Gasteiger partial charge on any atom is -0.444 e. The average molecular weight is 412 g/mol. The molecule has 1 aromatic heterocycles. The van der Waals surface area contributed by atoms with E-state index in [4.69, 9.17) is 10.5 Å². The smallest absolute Gasteiger partial charge is 0.410 e. The molecule has 0 radical (unpaired) electrons. The number of carbonyl (C=O) groups excluding carboxylic acids is 2. The predicted molar refractivity (Wildman–Crippen MR) is 116 cm³/mol. The number of ketones is 1. The van der Waals surface area contributed by atoms with E-state index in [-0.39, 0.29) is 30.3 Å². The van der Waals surface area contributed by atoms with Gasteiger partial charge in [-0.2, -0.15) is 4.98 Å². The summed E-state index contributed by atoms with van der Waals surface area (Å²) in [6.45, 7) is 6.58. The molecule has 2 aromatic rings. The van der Waals surface area contributed by atoms with Crippen LogP contribution in [0.4, 0.5) is 16.6 Å². The second kappa shape index (κ2) is 9.11. The zero-order chi connectivity index (χ0) is 21.7. The first-order valence-electron chi connectivity index (χ1n) is 10.2. The summed E-state index contributed by atoms with van der Waals surface area (Å²) in [5, 5.41) is 3.06. The van der Waals surface area contributed by atoms with Crippen LogP contribution in [-0.4, -0.2) is 52.0 Å². The lowest BCUT2D eigenvalue weighted by Crippen LogP contribution is -2.45. The minimum atomic E-state index is -0.557. The van der Waals surface area contributed by atoms with Gasteiger partial charge in [0.05, 0.1) is 12.2 Å². The molecule has 3 rings (SSSR count). The number of carbonyl (C=O) groups is 2. The van der Waals surface area contributed by atoms with Gasteiger partial charge in [0, 0.05) is 30.6 Å². The summed E-state index contributed by atoms with van der Waals surface area (Å²) >= 11 is 0. The van der Waals surface area contributed by atoms with Crippen LogP contribution in [0.25, 0.3) is 11.3 Å². The first-order valence-corrected chi connectivity index (χ1v) is 10.2. The van der Waals surface area contributed by atoms with Crippen LogP contribution in [0.2, 0.25) is 0 Å². The van der Waals surface area contributed by atoms with Gasteiger partial charge in [-0.25, -0.2) is 9.78 Å². The lowest BCUT2D eigenvalue weighted by molar-refractivity contribution is -0.122. The molecule has 1 aliphatic rings. The topological polar surface area (TPSA) is 110 Å². The molecule has 1 amide bonds. The summed E-state index contributed by atoms with van der Waals surface area (Å²) in [6, 6.07) is 11.4. The number of Topliss-reactive ketones (excluding diaryl/α,β-unsaturated/α-hetero) is 1. The zero-order valence-corrected chi connectivity index (χ0v) is 17.7. The van der Waals surface area contributed by atoms with Gasteiger partial charge in [-0.1, -0.05) is 30.3 Å². The van der Waals surface area contributed by atoms with Crippen molar-refractivity contribution >= 4 is 23.6 Å². The van der Waals surface area contributed by atoms with Crippen molar-refractivity contribution in [3.8, 4) is 11.3 Å². The largest absolute Gasteiger partial charge is 0.444 e. The molecule has 8 heteroatoms. The van der Waals surface area contributed by atoms with Crippen molar-refractivity contribution in [2.75, 3.05) is 30.7 Å². The number of piperidine rings is 1. The molecular weight excluding hydrogens is 382 g/mol. The summed E-state index contributed by atoms with van der Waals surface area (Å²) < 4.78 is 5.43. The number of nitrogen functional groups attached to an aromatic ring is 1. The number of hydrogen-bond acceptors (Lipinski definition) is 7. The molecule has 1 unspecified atom stereocenters. The van der Waals surface area contributed by atoms with Crippen LogP contribution in [0, 0.1) is 5.92 Å². The average Bonchev–Trinajstić information content (AvgIpc) is 2.71. The molecule has 1 aromatic carbocycles. The second-order valence-corrected chi connectivity index (χ2v) is 8.45. The normalized spacial score (nSPS) is 16.8. The highest BCUT2D eigenvalue weighted by Crippen LogP contribution is 2.22. The summed E-state index contributed by atoms with van der Waals surface area (Å²) in [5.74, 6) is 0.433. The first-order chi connectivity index (χ1) is 14.2. The Hall–Kier alpha value is -3.16. The van der Waals surface area contributed by atoms with Crippen molar-refractivity contribution < 1.29 is 14.3 Å². The number of nitrogens with zero attached hydrogens (tertiary/aromatic N) is 3. The van der Waals surface area contributed by atoms with Crippen LogP contribution in [0.5, 0.6) is 0 Å². The Morgan fingerprint density at radius 2 is 1.97 bits per heavy atom. The first kappa shape index (κ1) is 21.5. The fraction of sp³-hybridized carbons (Fsp3) is 0.455. The van der Waals surface area contributed by atoms with Gasteiger partial charge in [-0.15, -0.1) is 0 Å². The van der Waals surface area contributed by atoms with Crippen LogP contribution in [0.15, 0.2) is 36.4 Å². The van der Waals surface area contributed by atoms with Crippen molar-refractivity contribution in [2.45, 2.75) is 39.2 Å². The molecule has 0 aliphatic carbocycles. The van der Waals surface area contributed by atoms with E-state index in [1.54, 1.807) is 11.0 Å². The molecule has 0 spiro atoms. The SMILES string of the molecule is CC(C)(C)OC(=O)N1CCCC(C(=O)CNc2cc(-c3ccccc3)nc(N)n2)C1. The monoisotopic (exact) mass is 411 g/mol. The summed E-state index contributed by atoms with van der Waals surface area (Å²) in [6.07, 6.45) is 1.15. The van der Waals surface area contributed by atoms with Gasteiger partial charge in [-0.3, -0.25) is 4.79 Å². The fourth-order valence-corrected chi connectivity index (χ4v) is 3.37. The van der Waals surface area contributed by atoms with Crippen LogP contribution < -0.4 is 11.1 Å². The molecule has 1 saturated heterocycles. The van der Waals surface area contributed by atoms with E-state index in [0.29, 0.717) is 24.6 Å². The third-order valence-electron chi connectivity index (χ3n) is 4.79. The number of hydrogen-bond donors (Lipinski definition) is 2. The highest BCUT2D eigenvalue weighted by atomic mass is 16.6. The Morgan fingerprint density at radius 1 is 1.23 bits per heavy atom. The molecular formula is C22H29N5O3. The van der Waals surface area contributed by atoms with Gasteiger partial charge >= 0.3 is 6.09 Å². The number of rotatable bonds is 5. The standard InChI is InChI=1S/C22H29N5O3/c1-22(2,3)30-21(29)27-11-7-10-16(14-27)18(28)13-24-19-12-17(25-20(23)26-19)15-8-5-4-6-9-15/h4-6,8-9,12,16H,7,10-11,13-14H2,1-3H3,(H3,23,24,25,26). The third kappa shape index (κ3) is 5.92. The van der Waals surface area contributed by atoms with Crippen molar-refractivity contribution in [3.63, 3.8) is 0 Å². The van der Waals surface area contributed by atoms with Crippen molar-refractivity contribution in [2.24, 2.45) is 5.92 Å². The van der Waals surface area contributed by atoms with E-state index < -0.39 is 5.60 Å². The third-order valence-corrected chi connectivity index (χ3v) is 4.79. The summed E-state index contributed by atoms with van der Waals surface area (Å²) in [7, 11) is 0. The number of aromatic nitrogens is 2. The Labute approximate surface area is 176 Å². The molecule has 1 fully saturated rings. The quantitative estimate of drug-likeness (QED) is 0.776. The summed E-state index contributed by atoms with van der Waals surface area (Å²) in [4.78, 5) is 35.1. The maximum absolute atomic E-state index is 12.7. The van der Waals surface area contributed by atoms with Crippen molar-refractivity contribution in [3.05, 3.63) is 36.4 Å². The number of anilines is 2. The predicted octanol–water partition coefficient (Wildman–Crippen LogP) is 3.35. The molecule has 2 heterocycles. The Morgan fingerprint density at radius 3 is 2.67 bits per heavy atom. The van der Waals surface area contributed by atoms with Gasteiger partial charge in [0.2, 0.25) is 5.95 Å². The van der Waals surface area contributed by atoms with Crippen LogP contribution >= 0.6 is 0 Å². The lowest BCUT2D eigenvalue weighted by atomic mass is 9.94. The maximum atomic E-state index is 12.7. The zero-order valence-electron chi connectivity index (χ0n) is 17.7. The molecule has 30 heavy (non-hydrogen) atoms. The highest BCUT2D eigenvalue weighted by molar-refractivity contribution is 5.86. The van der Waals surface area contributed by atoms with E-state index >= 15 is 0 Å². The number of ether oxygens (including phenoxy) is 1. The van der Waals surface area contributed by atoms with Gasteiger partial charge in [0.25, 0.3) is 0 Å². The maximum Gasteiger partial charge on any atom is 0.410 e. The van der Waals surface area contributed by atoms with E-state index in [1.807, 2.05) is 51.1 Å². The molecule has 3 N–H and O–H groups in total. The van der Waals surface area contributed by atoms with Gasteiger partial charge in [0.15, 0.2) is 5.78 Å². The van der Waals surface area contributed by atoms with Gasteiger partial charge < -0.3 is 20.7 Å². The lowest BCUT2D eigenvalue weighted by Gasteiger charge is -2.33. The Balaban J connectivity index is 1.60. The molecule has 0 saturated carbocycles. The van der Waals surface area contributed by atoms with E-state index in [2.05, 4.69) is 15.3 Å². The highest BCUT2D eigenvalue weighted by Gasteiger charge is 2.30. The molecule has 160 valence electrons. The van der Waals surface area contributed by atoms with Crippen molar-refractivity contribution in [1.82, 2.24) is 14.9 Å². The van der Waals surface area contributed by atoms with E-state index in [9.17, 15) is 9.59 Å². The number of nitrogens with one attached hydrogen (secondary N) is 1. The number of likely N-dealkylation sites (tertiary alicyclic amines) is 1. The number of amides is 1. The number of nitrogens with two attached hydrogens (primary N) is 1. The van der Waals surface area contributed by atoms with Crippen LogP contribution in [0.1, 0.15) is 33.6 Å². The molecule has 8 nitrogen and oxygen atoms in total. The Kier molecular flexibility index (Phi) is 6.54. The van der Waals surface area contributed by atoms with E-state index in [1.165, 1.54) is 0 Å². The van der Waals surface area contributed by atoms with Crippen LogP contribution in [-0.2, 0) is 9.53 Å². The minimum absolute atomic E-state index is 0.0294. The van der Waals surface area contributed by atoms with E-state index in [0.717, 1.165) is 18.4 Å². The second-order valence-electron chi connectivity index (χ2n) is 8.45. The molecule has 1 aliphatic heterocycles. The van der Waals surface area contributed by atoms with Gasteiger partial charge in [0.1, 0.15) is 11.4 Å².